The molecule has 2 heterocycles. The number of hydrogen-bond acceptors (Lipinski definition) is 5. The zero-order valence-electron chi connectivity index (χ0n) is 10.4. The van der Waals surface area contributed by atoms with Crippen LogP contribution in [0.4, 0.5) is 0 Å². The van der Waals surface area contributed by atoms with Crippen LogP contribution in [0.1, 0.15) is 17.0 Å². The second kappa shape index (κ2) is 4.59. The highest BCUT2D eigenvalue weighted by Gasteiger charge is 2.30. The number of rotatable bonds is 1. The van der Waals surface area contributed by atoms with Crippen LogP contribution in [0.3, 0.4) is 0 Å². The summed E-state index contributed by atoms with van der Waals surface area (Å²) in [6.07, 6.45) is 3.33. The summed E-state index contributed by atoms with van der Waals surface area (Å²) in [6.45, 7) is 0. The van der Waals surface area contributed by atoms with Gasteiger partial charge < -0.3 is 15.6 Å². The number of allylic oxidation sites excluding steroid dienone is 1. The van der Waals surface area contributed by atoms with Gasteiger partial charge in [0.2, 0.25) is 5.88 Å². The van der Waals surface area contributed by atoms with E-state index < -0.39 is 0 Å². The van der Waals surface area contributed by atoms with Crippen molar-refractivity contribution in [1.29, 1.82) is 5.26 Å². The molecule has 1 aliphatic rings. The predicted molar refractivity (Wildman–Crippen MR) is 71.6 cm³/mol. The van der Waals surface area contributed by atoms with E-state index in [2.05, 4.69) is 11.1 Å². The summed E-state index contributed by atoms with van der Waals surface area (Å²) < 4.78 is 5.45. The SMILES string of the molecule is N#CC1=C(N)Oc2ccc(O)cc2[C@H]1c1cccnc1. The molecule has 1 aromatic carbocycles. The smallest absolute Gasteiger partial charge is 0.205 e. The van der Waals surface area contributed by atoms with Gasteiger partial charge in [-0.25, -0.2) is 0 Å². The number of aromatic nitrogens is 1. The summed E-state index contributed by atoms with van der Waals surface area (Å²) in [7, 11) is 0. The molecular formula is C15H11N3O2. The number of benzene rings is 1. The Hall–Kier alpha value is -3.00. The second-order valence-electron chi connectivity index (χ2n) is 4.43. The van der Waals surface area contributed by atoms with Crippen molar-refractivity contribution in [3.63, 3.8) is 0 Å². The van der Waals surface area contributed by atoms with E-state index in [1.54, 1.807) is 30.6 Å². The highest BCUT2D eigenvalue weighted by molar-refractivity contribution is 5.56. The van der Waals surface area contributed by atoms with Crippen molar-refractivity contribution in [2.75, 3.05) is 0 Å². The highest BCUT2D eigenvalue weighted by atomic mass is 16.5. The normalized spacial score (nSPS) is 17.1. The molecule has 0 unspecified atom stereocenters. The molecule has 98 valence electrons. The molecule has 0 aliphatic carbocycles. The van der Waals surface area contributed by atoms with Gasteiger partial charge in [-0.2, -0.15) is 5.26 Å². The first-order chi connectivity index (χ1) is 9.70. The molecule has 5 nitrogen and oxygen atoms in total. The van der Waals surface area contributed by atoms with Gasteiger partial charge in [0.25, 0.3) is 0 Å². The topological polar surface area (TPSA) is 92.2 Å². The largest absolute Gasteiger partial charge is 0.508 e. The van der Waals surface area contributed by atoms with Crippen LogP contribution < -0.4 is 10.5 Å². The lowest BCUT2D eigenvalue weighted by Crippen LogP contribution is -2.21. The molecule has 5 heteroatoms. The van der Waals surface area contributed by atoms with Crippen molar-refractivity contribution in [3.8, 4) is 17.6 Å². The van der Waals surface area contributed by atoms with Crippen molar-refractivity contribution in [2.24, 2.45) is 5.73 Å². The van der Waals surface area contributed by atoms with E-state index in [4.69, 9.17) is 10.5 Å². The van der Waals surface area contributed by atoms with Crippen LogP contribution in [-0.4, -0.2) is 10.1 Å². The van der Waals surface area contributed by atoms with Crippen molar-refractivity contribution >= 4 is 0 Å². The van der Waals surface area contributed by atoms with Gasteiger partial charge >= 0.3 is 0 Å². The lowest BCUT2D eigenvalue weighted by Gasteiger charge is -2.26. The van der Waals surface area contributed by atoms with Gasteiger partial charge in [0.15, 0.2) is 0 Å². The third-order valence-corrected chi connectivity index (χ3v) is 3.22. The zero-order valence-corrected chi connectivity index (χ0v) is 10.4. The Morgan fingerprint density at radius 1 is 1.35 bits per heavy atom. The van der Waals surface area contributed by atoms with Crippen LogP contribution in [-0.2, 0) is 0 Å². The molecule has 2 aromatic rings. The molecule has 0 radical (unpaired) electrons. The summed E-state index contributed by atoms with van der Waals surface area (Å²) in [5.74, 6) is 0.344. The molecule has 0 amide bonds. The fourth-order valence-electron chi connectivity index (χ4n) is 2.34. The van der Waals surface area contributed by atoms with Crippen LogP contribution >= 0.6 is 0 Å². The van der Waals surface area contributed by atoms with Gasteiger partial charge in [-0.1, -0.05) is 6.07 Å². The maximum Gasteiger partial charge on any atom is 0.205 e. The predicted octanol–water partition coefficient (Wildman–Crippen LogP) is 2.01. The van der Waals surface area contributed by atoms with Crippen LogP contribution in [0.2, 0.25) is 0 Å². The first kappa shape index (κ1) is 12.1. The Balaban J connectivity index is 2.24. The molecule has 0 saturated carbocycles. The van der Waals surface area contributed by atoms with Crippen LogP contribution in [0.5, 0.6) is 11.5 Å². The molecule has 20 heavy (non-hydrogen) atoms. The number of fused-ring (bicyclic) bond motifs is 1. The number of nitriles is 1. The Bertz CT molecular complexity index is 733. The lowest BCUT2D eigenvalue weighted by molar-refractivity contribution is 0.391. The minimum Gasteiger partial charge on any atom is -0.508 e. The van der Waals surface area contributed by atoms with Gasteiger partial charge in [0, 0.05) is 18.0 Å². The lowest BCUT2D eigenvalue weighted by atomic mass is 9.84. The Morgan fingerprint density at radius 2 is 2.20 bits per heavy atom. The molecule has 0 spiro atoms. The maximum absolute atomic E-state index is 9.68. The van der Waals surface area contributed by atoms with Crippen molar-refractivity contribution in [2.45, 2.75) is 5.92 Å². The van der Waals surface area contributed by atoms with Crippen molar-refractivity contribution in [3.05, 3.63) is 65.3 Å². The highest BCUT2D eigenvalue weighted by Crippen LogP contribution is 2.42. The summed E-state index contributed by atoms with van der Waals surface area (Å²) in [4.78, 5) is 4.07. The van der Waals surface area contributed by atoms with Crippen LogP contribution in [0.15, 0.2) is 54.2 Å². The number of phenols is 1. The zero-order chi connectivity index (χ0) is 14.1. The minimum atomic E-state index is -0.385. The van der Waals surface area contributed by atoms with E-state index in [-0.39, 0.29) is 17.6 Å². The van der Waals surface area contributed by atoms with Gasteiger partial charge in [-0.15, -0.1) is 0 Å². The minimum absolute atomic E-state index is 0.0829. The summed E-state index contributed by atoms with van der Waals surface area (Å²) in [6, 6.07) is 10.5. The van der Waals surface area contributed by atoms with E-state index in [0.29, 0.717) is 16.9 Å². The van der Waals surface area contributed by atoms with E-state index >= 15 is 0 Å². The first-order valence-electron chi connectivity index (χ1n) is 6.01. The average Bonchev–Trinajstić information content (AvgIpc) is 2.47. The molecule has 1 aliphatic heterocycles. The molecular weight excluding hydrogens is 254 g/mol. The van der Waals surface area contributed by atoms with Gasteiger partial charge in [0.1, 0.15) is 23.1 Å². The molecule has 3 rings (SSSR count). The van der Waals surface area contributed by atoms with E-state index in [9.17, 15) is 10.4 Å². The van der Waals surface area contributed by atoms with Gasteiger partial charge in [0.05, 0.1) is 5.92 Å². The summed E-state index contributed by atoms with van der Waals surface area (Å²) in [5, 5.41) is 19.0. The van der Waals surface area contributed by atoms with Crippen molar-refractivity contribution in [1.82, 2.24) is 4.98 Å². The molecule has 0 bridgehead atoms. The Kier molecular flexibility index (Phi) is 2.77. The standard InChI is InChI=1S/C15H11N3O2/c16-7-12-14(9-2-1-5-18-8-9)11-6-10(19)3-4-13(11)20-15(12)17/h1-6,8,14,19H,17H2/t14-/m1/s1. The Morgan fingerprint density at radius 3 is 2.90 bits per heavy atom. The van der Waals surface area contributed by atoms with E-state index in [1.165, 1.54) is 6.07 Å². The molecule has 3 N–H and O–H groups in total. The molecule has 1 atom stereocenters. The first-order valence-corrected chi connectivity index (χ1v) is 6.01. The summed E-state index contributed by atoms with van der Waals surface area (Å²) in [5.41, 5.74) is 7.66. The fourth-order valence-corrected chi connectivity index (χ4v) is 2.34. The average molecular weight is 265 g/mol. The van der Waals surface area contributed by atoms with Gasteiger partial charge in [-0.05, 0) is 29.8 Å². The number of phenolic OH excluding ortho intramolecular Hbond substituents is 1. The number of ether oxygens (including phenoxy) is 1. The maximum atomic E-state index is 9.68. The molecule has 1 aromatic heterocycles. The fraction of sp³-hybridized carbons (Fsp3) is 0.0667. The van der Waals surface area contributed by atoms with E-state index in [0.717, 1.165) is 5.56 Å². The summed E-state index contributed by atoms with van der Waals surface area (Å²) >= 11 is 0. The van der Waals surface area contributed by atoms with Gasteiger partial charge in [-0.3, -0.25) is 4.98 Å². The molecule has 0 saturated heterocycles. The number of pyridine rings is 1. The third-order valence-electron chi connectivity index (χ3n) is 3.22. The number of nitrogens with zero attached hydrogens (tertiary/aromatic N) is 2. The second-order valence-corrected chi connectivity index (χ2v) is 4.43. The third kappa shape index (κ3) is 1.84. The number of aromatic hydroxyl groups is 1. The van der Waals surface area contributed by atoms with Crippen LogP contribution in [0, 0.1) is 11.3 Å². The molecule has 0 fully saturated rings. The van der Waals surface area contributed by atoms with E-state index in [1.807, 2.05) is 6.07 Å². The monoisotopic (exact) mass is 265 g/mol. The Labute approximate surface area is 115 Å². The van der Waals surface area contributed by atoms with Crippen molar-refractivity contribution < 1.29 is 9.84 Å². The van der Waals surface area contributed by atoms with Crippen LogP contribution in [0.25, 0.3) is 0 Å². The quantitative estimate of drug-likeness (QED) is 0.822. The number of nitrogens with two attached hydrogens (primary N) is 1. The number of hydrogen-bond donors (Lipinski definition) is 2.